The van der Waals surface area contributed by atoms with E-state index in [2.05, 4.69) is 25.6 Å². The number of pyridine rings is 1. The fraction of sp³-hybridized carbons (Fsp3) is 0.0667. The normalized spacial score (nSPS) is 10.4. The van der Waals surface area contributed by atoms with Crippen LogP contribution in [0.2, 0.25) is 0 Å². The van der Waals surface area contributed by atoms with Crippen LogP contribution >= 0.6 is 0 Å². The van der Waals surface area contributed by atoms with Gasteiger partial charge in [-0.05, 0) is 36.8 Å². The number of fused-ring (bicyclic) bond motifs is 1. The first kappa shape index (κ1) is 13.7. The van der Waals surface area contributed by atoms with Crippen molar-refractivity contribution in [2.24, 2.45) is 0 Å². The smallest absolute Gasteiger partial charge is 0.315 e. The van der Waals surface area contributed by atoms with E-state index in [9.17, 15) is 9.59 Å². The molecule has 0 radical (unpaired) electrons. The van der Waals surface area contributed by atoms with E-state index in [1.54, 1.807) is 42.9 Å². The highest BCUT2D eigenvalue weighted by atomic mass is 16.2. The molecule has 3 aromatic rings. The second kappa shape index (κ2) is 5.65. The van der Waals surface area contributed by atoms with Gasteiger partial charge in [0.05, 0.1) is 17.4 Å². The van der Waals surface area contributed by atoms with E-state index < -0.39 is 11.8 Å². The van der Waals surface area contributed by atoms with E-state index in [-0.39, 0.29) is 0 Å². The maximum atomic E-state index is 11.9. The molecule has 0 saturated heterocycles. The molecule has 0 aliphatic rings. The topological polar surface area (TPSA) is 99.8 Å². The van der Waals surface area contributed by atoms with Crippen molar-refractivity contribution in [2.75, 3.05) is 10.6 Å². The van der Waals surface area contributed by atoms with Crippen LogP contribution in [0, 0.1) is 6.92 Å². The lowest BCUT2D eigenvalue weighted by Crippen LogP contribution is -2.29. The van der Waals surface area contributed by atoms with Gasteiger partial charge in [-0.1, -0.05) is 6.07 Å². The standard InChI is InChI=1S/C15H13N5O2/c1-9-2-5-13(16-7-9)20-15(22)14(21)19-10-3-4-11-12(6-10)18-8-17-11/h2-8H,1H3,(H,17,18)(H,19,21)(H,16,20,22). The lowest BCUT2D eigenvalue weighted by molar-refractivity contribution is -0.133. The fourth-order valence-corrected chi connectivity index (χ4v) is 1.92. The van der Waals surface area contributed by atoms with Crippen molar-refractivity contribution in [3.8, 4) is 0 Å². The minimum atomic E-state index is -0.777. The summed E-state index contributed by atoms with van der Waals surface area (Å²) in [5, 5.41) is 4.97. The summed E-state index contributed by atoms with van der Waals surface area (Å²) in [7, 11) is 0. The third-order valence-electron chi connectivity index (χ3n) is 3.04. The molecule has 0 atom stereocenters. The summed E-state index contributed by atoms with van der Waals surface area (Å²) in [6.45, 7) is 1.89. The van der Waals surface area contributed by atoms with Crippen LogP contribution in [0.4, 0.5) is 11.5 Å². The van der Waals surface area contributed by atoms with Gasteiger partial charge in [-0.2, -0.15) is 0 Å². The summed E-state index contributed by atoms with van der Waals surface area (Å²) in [6, 6.07) is 8.57. The van der Waals surface area contributed by atoms with E-state index in [4.69, 9.17) is 0 Å². The predicted molar refractivity (Wildman–Crippen MR) is 82.3 cm³/mol. The Bertz CT molecular complexity index is 839. The van der Waals surface area contributed by atoms with Crippen LogP contribution in [0.5, 0.6) is 0 Å². The number of benzene rings is 1. The molecule has 0 fully saturated rings. The number of anilines is 2. The molecule has 0 saturated carbocycles. The molecule has 1 aromatic carbocycles. The number of nitrogens with one attached hydrogen (secondary N) is 3. The van der Waals surface area contributed by atoms with Crippen LogP contribution < -0.4 is 10.6 Å². The monoisotopic (exact) mass is 295 g/mol. The van der Waals surface area contributed by atoms with Crippen LogP contribution in [0.15, 0.2) is 42.9 Å². The molecule has 0 aliphatic heterocycles. The highest BCUT2D eigenvalue weighted by molar-refractivity contribution is 6.43. The Hall–Kier alpha value is -3.22. The van der Waals surface area contributed by atoms with Crippen molar-refractivity contribution in [3.05, 3.63) is 48.4 Å². The van der Waals surface area contributed by atoms with Crippen molar-refractivity contribution >= 4 is 34.4 Å². The van der Waals surface area contributed by atoms with Gasteiger partial charge in [-0.15, -0.1) is 0 Å². The van der Waals surface area contributed by atoms with Gasteiger partial charge in [0.1, 0.15) is 5.82 Å². The molecule has 7 heteroatoms. The molecule has 0 unspecified atom stereocenters. The number of aryl methyl sites for hydroxylation is 1. The summed E-state index contributed by atoms with van der Waals surface area (Å²) < 4.78 is 0. The predicted octanol–water partition coefficient (Wildman–Crippen LogP) is 1.84. The van der Waals surface area contributed by atoms with Crippen LogP contribution in [0.3, 0.4) is 0 Å². The molecule has 110 valence electrons. The third kappa shape index (κ3) is 2.93. The molecule has 0 aliphatic carbocycles. The molecule has 0 spiro atoms. The van der Waals surface area contributed by atoms with E-state index in [1.165, 1.54) is 0 Å². The summed E-state index contributed by atoms with van der Waals surface area (Å²) in [6.07, 6.45) is 3.17. The highest BCUT2D eigenvalue weighted by Crippen LogP contribution is 2.15. The van der Waals surface area contributed by atoms with Crippen LogP contribution in [-0.2, 0) is 9.59 Å². The zero-order valence-corrected chi connectivity index (χ0v) is 11.8. The van der Waals surface area contributed by atoms with E-state index in [1.807, 2.05) is 6.92 Å². The Balaban J connectivity index is 1.67. The lowest BCUT2D eigenvalue weighted by Gasteiger charge is -2.06. The molecule has 3 rings (SSSR count). The van der Waals surface area contributed by atoms with E-state index in [0.717, 1.165) is 16.6 Å². The van der Waals surface area contributed by atoms with Gasteiger partial charge in [-0.25, -0.2) is 9.97 Å². The maximum absolute atomic E-state index is 11.9. The first-order valence-electron chi connectivity index (χ1n) is 6.60. The van der Waals surface area contributed by atoms with Gasteiger partial charge in [0.2, 0.25) is 0 Å². The summed E-state index contributed by atoms with van der Waals surface area (Å²) in [4.78, 5) is 34.7. The molecule has 2 heterocycles. The van der Waals surface area contributed by atoms with Crippen molar-refractivity contribution < 1.29 is 9.59 Å². The summed E-state index contributed by atoms with van der Waals surface area (Å²) in [5.41, 5.74) is 3.04. The summed E-state index contributed by atoms with van der Waals surface area (Å²) >= 11 is 0. The molecule has 2 aromatic heterocycles. The minimum absolute atomic E-state index is 0.328. The summed E-state index contributed by atoms with van der Waals surface area (Å²) in [5.74, 6) is -1.21. The molecule has 0 bridgehead atoms. The van der Waals surface area contributed by atoms with Gasteiger partial charge in [0.25, 0.3) is 0 Å². The Labute approximate surface area is 125 Å². The largest absolute Gasteiger partial charge is 0.345 e. The third-order valence-corrected chi connectivity index (χ3v) is 3.04. The first-order chi connectivity index (χ1) is 10.6. The Morgan fingerprint density at radius 2 is 1.86 bits per heavy atom. The van der Waals surface area contributed by atoms with E-state index >= 15 is 0 Å². The Morgan fingerprint density at radius 1 is 1.05 bits per heavy atom. The van der Waals surface area contributed by atoms with Crippen LogP contribution in [0.1, 0.15) is 5.56 Å². The number of aromatic amines is 1. The average molecular weight is 295 g/mol. The zero-order valence-electron chi connectivity index (χ0n) is 11.8. The van der Waals surface area contributed by atoms with Crippen molar-refractivity contribution in [2.45, 2.75) is 6.92 Å². The molecule has 22 heavy (non-hydrogen) atoms. The van der Waals surface area contributed by atoms with Crippen LogP contribution in [0.25, 0.3) is 11.0 Å². The maximum Gasteiger partial charge on any atom is 0.315 e. The molecular formula is C15H13N5O2. The number of H-pyrrole nitrogens is 1. The number of nitrogens with zero attached hydrogens (tertiary/aromatic N) is 2. The number of amides is 2. The van der Waals surface area contributed by atoms with Crippen molar-refractivity contribution in [3.63, 3.8) is 0 Å². The average Bonchev–Trinajstić information content (AvgIpc) is 2.97. The quantitative estimate of drug-likeness (QED) is 0.628. The number of carbonyl (C=O) groups excluding carboxylic acids is 2. The van der Waals surface area contributed by atoms with Gasteiger partial charge in [0, 0.05) is 11.9 Å². The number of hydrogen-bond acceptors (Lipinski definition) is 4. The molecule has 7 nitrogen and oxygen atoms in total. The van der Waals surface area contributed by atoms with Crippen molar-refractivity contribution in [1.29, 1.82) is 0 Å². The number of hydrogen-bond donors (Lipinski definition) is 3. The first-order valence-corrected chi connectivity index (χ1v) is 6.60. The zero-order chi connectivity index (χ0) is 15.5. The second-order valence-electron chi connectivity index (χ2n) is 4.76. The fourth-order valence-electron chi connectivity index (χ4n) is 1.92. The SMILES string of the molecule is Cc1ccc(NC(=O)C(=O)Nc2ccc3nc[nH]c3c2)nc1. The van der Waals surface area contributed by atoms with Gasteiger partial charge in [0.15, 0.2) is 0 Å². The second-order valence-corrected chi connectivity index (χ2v) is 4.76. The number of carbonyl (C=O) groups is 2. The number of imidazole rings is 1. The highest BCUT2D eigenvalue weighted by Gasteiger charge is 2.14. The minimum Gasteiger partial charge on any atom is -0.345 e. The molecule has 2 amide bonds. The Kier molecular flexibility index (Phi) is 3.53. The van der Waals surface area contributed by atoms with Crippen LogP contribution in [-0.4, -0.2) is 26.8 Å². The van der Waals surface area contributed by atoms with Gasteiger partial charge < -0.3 is 15.6 Å². The Morgan fingerprint density at radius 3 is 2.64 bits per heavy atom. The van der Waals surface area contributed by atoms with Gasteiger partial charge in [-0.3, -0.25) is 9.59 Å². The molecule has 3 N–H and O–H groups in total. The van der Waals surface area contributed by atoms with Crippen molar-refractivity contribution in [1.82, 2.24) is 15.0 Å². The lowest BCUT2D eigenvalue weighted by atomic mass is 10.2. The number of aromatic nitrogens is 3. The van der Waals surface area contributed by atoms with Gasteiger partial charge >= 0.3 is 11.8 Å². The number of rotatable bonds is 2. The van der Waals surface area contributed by atoms with E-state index in [0.29, 0.717) is 11.5 Å². The molecular weight excluding hydrogens is 282 g/mol.